The molecule has 0 aliphatic heterocycles. The van der Waals surface area contributed by atoms with Gasteiger partial charge in [0, 0.05) is 35.7 Å². The molecular weight excluding hydrogens is 678 g/mol. The summed E-state index contributed by atoms with van der Waals surface area (Å²) < 4.78 is 41.4. The first kappa shape index (κ1) is 36.1. The highest BCUT2D eigenvalue weighted by molar-refractivity contribution is 6.50. The molecule has 0 atom stereocenters. The lowest BCUT2D eigenvalue weighted by Gasteiger charge is -2.17. The van der Waals surface area contributed by atoms with E-state index in [-0.39, 0.29) is 5.34 Å². The van der Waals surface area contributed by atoms with Gasteiger partial charge in [0.05, 0.1) is 16.5 Å². The average Bonchev–Trinajstić information content (AvgIpc) is 3.15. The summed E-state index contributed by atoms with van der Waals surface area (Å²) in [5, 5.41) is 0.194. The third-order valence-electron chi connectivity index (χ3n) is 7.62. The average molecular weight is 709 g/mol. The number of alkyl halides is 2. The minimum atomic E-state index is -6.00. The highest BCUT2D eigenvalue weighted by Gasteiger charge is 2.31. The number of hydrogen-bond acceptors (Lipinski definition) is 1. The Hall–Kier alpha value is -5.24. The van der Waals surface area contributed by atoms with Crippen LogP contribution in [-0.4, -0.2) is 17.6 Å². The number of nitrogens with zero attached hydrogens (tertiary/aromatic N) is 2. The largest absolute Gasteiger partial charge is 0.673 e. The van der Waals surface area contributed by atoms with Gasteiger partial charge in [0.25, 0.3) is 0 Å². The van der Waals surface area contributed by atoms with Gasteiger partial charge in [-0.15, -0.1) is 23.2 Å². The molecule has 0 bridgehead atoms. The summed E-state index contributed by atoms with van der Waals surface area (Å²) in [5.41, 5.74) is 12.3. The standard InChI is InChI=1S/C40H29N2.CH2Cl2.BF4/c1-6-16-30(17-7-1)35-26-38(33-22-12-4-13-23-33)42(39(27-35)34-24-14-5-15-25-34)40-36(31-18-8-2-9-19-31)28-41-29-37(40)32-20-10-3-11-21-32;2-1-3;2-1(3,4)5/h1-29H;1H2;/q+1;;-1. The van der Waals surface area contributed by atoms with E-state index in [1.54, 1.807) is 0 Å². The van der Waals surface area contributed by atoms with E-state index in [0.717, 1.165) is 50.5 Å². The van der Waals surface area contributed by atoms with Crippen LogP contribution in [0.25, 0.3) is 61.6 Å². The first-order chi connectivity index (χ1) is 24.3. The Balaban J connectivity index is 0.000000552. The van der Waals surface area contributed by atoms with Crippen molar-refractivity contribution < 1.29 is 21.8 Å². The van der Waals surface area contributed by atoms with Gasteiger partial charge in [-0.1, -0.05) is 127 Å². The second kappa shape index (κ2) is 17.4. The smallest absolute Gasteiger partial charge is 0.418 e. The molecule has 0 aliphatic rings. The molecule has 2 heterocycles. The van der Waals surface area contributed by atoms with Crippen LogP contribution >= 0.6 is 23.2 Å². The Labute approximate surface area is 299 Å². The summed E-state index contributed by atoms with van der Waals surface area (Å²) in [6.07, 6.45) is 4.00. The Kier molecular flexibility index (Phi) is 12.6. The summed E-state index contributed by atoms with van der Waals surface area (Å²) in [4.78, 5) is 4.78. The zero-order valence-corrected chi connectivity index (χ0v) is 28.2. The Morgan fingerprint density at radius 2 is 0.720 bits per heavy atom. The van der Waals surface area contributed by atoms with Gasteiger partial charge in [-0.3, -0.25) is 4.98 Å². The molecule has 0 radical (unpaired) electrons. The molecule has 2 aromatic heterocycles. The van der Waals surface area contributed by atoms with Crippen LogP contribution in [0.1, 0.15) is 0 Å². The van der Waals surface area contributed by atoms with E-state index in [9.17, 15) is 17.3 Å². The van der Waals surface area contributed by atoms with Crippen molar-refractivity contribution in [3.8, 4) is 61.6 Å². The first-order valence-corrected chi connectivity index (χ1v) is 16.7. The van der Waals surface area contributed by atoms with Crippen molar-refractivity contribution in [1.82, 2.24) is 4.98 Å². The molecule has 7 rings (SSSR count). The van der Waals surface area contributed by atoms with E-state index >= 15 is 0 Å². The Morgan fingerprint density at radius 3 is 1.04 bits per heavy atom. The van der Waals surface area contributed by atoms with Gasteiger partial charge in [0.1, 0.15) is 0 Å². The zero-order valence-electron chi connectivity index (χ0n) is 26.7. The molecule has 250 valence electrons. The molecule has 7 aromatic rings. The van der Waals surface area contributed by atoms with Crippen molar-refractivity contribution in [1.29, 1.82) is 0 Å². The fourth-order valence-corrected chi connectivity index (χ4v) is 5.63. The van der Waals surface area contributed by atoms with Gasteiger partial charge in [-0.25, -0.2) is 0 Å². The summed E-state index contributed by atoms with van der Waals surface area (Å²) in [5.74, 6) is 0. The van der Waals surface area contributed by atoms with E-state index in [0.29, 0.717) is 0 Å². The monoisotopic (exact) mass is 708 g/mol. The van der Waals surface area contributed by atoms with Crippen molar-refractivity contribution in [2.24, 2.45) is 0 Å². The molecule has 0 amide bonds. The van der Waals surface area contributed by atoms with Crippen LogP contribution in [0.15, 0.2) is 176 Å². The van der Waals surface area contributed by atoms with Crippen LogP contribution < -0.4 is 4.57 Å². The highest BCUT2D eigenvalue weighted by atomic mass is 35.5. The molecule has 0 aliphatic carbocycles. The summed E-state index contributed by atoms with van der Waals surface area (Å²) >= 11 is 9.53. The molecular formula is C41H31BCl2F4N2. The molecule has 2 nitrogen and oxygen atoms in total. The Morgan fingerprint density at radius 1 is 0.440 bits per heavy atom. The number of halogens is 6. The summed E-state index contributed by atoms with van der Waals surface area (Å²) in [6, 6.07) is 57.8. The normalized spacial score (nSPS) is 10.7. The minimum absolute atomic E-state index is 0.194. The topological polar surface area (TPSA) is 16.8 Å². The van der Waals surface area contributed by atoms with Crippen LogP contribution in [0.4, 0.5) is 17.3 Å². The quantitative estimate of drug-likeness (QED) is 0.0727. The number of rotatable bonds is 6. The predicted molar refractivity (Wildman–Crippen MR) is 200 cm³/mol. The Bertz CT molecular complexity index is 1960. The lowest BCUT2D eigenvalue weighted by molar-refractivity contribution is -0.570. The lowest BCUT2D eigenvalue weighted by Crippen LogP contribution is -2.38. The molecule has 50 heavy (non-hydrogen) atoms. The van der Waals surface area contributed by atoms with Crippen LogP contribution in [-0.2, 0) is 0 Å². The second-order valence-corrected chi connectivity index (χ2v) is 11.7. The van der Waals surface area contributed by atoms with Crippen molar-refractivity contribution in [3.63, 3.8) is 0 Å². The van der Waals surface area contributed by atoms with E-state index in [1.807, 2.05) is 12.4 Å². The number of benzene rings is 5. The number of hydrogen-bond donors (Lipinski definition) is 0. The van der Waals surface area contributed by atoms with Crippen molar-refractivity contribution >= 4 is 30.5 Å². The number of aromatic nitrogens is 2. The molecule has 9 heteroatoms. The van der Waals surface area contributed by atoms with Crippen molar-refractivity contribution in [3.05, 3.63) is 176 Å². The van der Waals surface area contributed by atoms with E-state index in [2.05, 4.69) is 168 Å². The number of pyridine rings is 2. The minimum Gasteiger partial charge on any atom is -0.418 e. The van der Waals surface area contributed by atoms with Gasteiger partial charge in [0.15, 0.2) is 0 Å². The lowest BCUT2D eigenvalue weighted by atomic mass is 9.94. The van der Waals surface area contributed by atoms with Gasteiger partial charge in [-0.2, -0.15) is 4.57 Å². The predicted octanol–water partition coefficient (Wildman–Crippen LogP) is 12.4. The SMILES string of the molecule is ClCCl.F[B-](F)(F)F.c1ccc(-c2cc(-c3ccccc3)[n+](-c3c(-c4ccccc4)cncc3-c3ccccc3)c(-c3ccccc3)c2)cc1. The van der Waals surface area contributed by atoms with Crippen LogP contribution in [0, 0.1) is 0 Å². The fraction of sp³-hybridized carbons (Fsp3) is 0.0244. The van der Waals surface area contributed by atoms with Gasteiger partial charge in [0.2, 0.25) is 17.1 Å². The van der Waals surface area contributed by atoms with Crippen LogP contribution in [0.2, 0.25) is 0 Å². The van der Waals surface area contributed by atoms with E-state index in [4.69, 9.17) is 28.2 Å². The maximum atomic E-state index is 9.75. The molecule has 0 saturated heterocycles. The van der Waals surface area contributed by atoms with Gasteiger partial charge >= 0.3 is 7.25 Å². The first-order valence-electron chi connectivity index (χ1n) is 15.6. The van der Waals surface area contributed by atoms with Crippen LogP contribution in [0.3, 0.4) is 0 Å². The zero-order chi connectivity index (χ0) is 35.3. The van der Waals surface area contributed by atoms with Gasteiger partial charge in [-0.05, 0) is 46.5 Å². The maximum Gasteiger partial charge on any atom is 0.673 e. The maximum absolute atomic E-state index is 9.75. The summed E-state index contributed by atoms with van der Waals surface area (Å²) in [7, 11) is -6.00. The van der Waals surface area contributed by atoms with E-state index in [1.165, 1.54) is 11.1 Å². The highest BCUT2D eigenvalue weighted by Crippen LogP contribution is 2.37. The molecule has 0 saturated carbocycles. The van der Waals surface area contributed by atoms with Gasteiger partial charge < -0.3 is 17.3 Å². The third-order valence-corrected chi connectivity index (χ3v) is 7.62. The fourth-order valence-electron chi connectivity index (χ4n) is 5.63. The second-order valence-electron chi connectivity index (χ2n) is 10.9. The molecule has 0 unspecified atom stereocenters. The summed E-state index contributed by atoms with van der Waals surface area (Å²) in [6.45, 7) is 0. The molecule has 0 spiro atoms. The van der Waals surface area contributed by atoms with Crippen LogP contribution in [0.5, 0.6) is 0 Å². The van der Waals surface area contributed by atoms with Crippen molar-refractivity contribution in [2.45, 2.75) is 0 Å². The molecule has 5 aromatic carbocycles. The molecule has 0 fully saturated rings. The molecule has 0 N–H and O–H groups in total. The van der Waals surface area contributed by atoms with E-state index < -0.39 is 7.25 Å². The third kappa shape index (κ3) is 9.47. The van der Waals surface area contributed by atoms with Crippen molar-refractivity contribution in [2.75, 3.05) is 5.34 Å².